The Labute approximate surface area is 154 Å². The first-order chi connectivity index (χ1) is 12.9. The maximum Gasteiger partial charge on any atom is 0.513 e. The van der Waals surface area contributed by atoms with Crippen molar-refractivity contribution in [3.63, 3.8) is 0 Å². The van der Waals surface area contributed by atoms with Gasteiger partial charge in [0.2, 0.25) is 0 Å². The van der Waals surface area contributed by atoms with E-state index >= 15 is 0 Å². The topological polar surface area (TPSA) is 133 Å². The summed E-state index contributed by atoms with van der Waals surface area (Å²) in [6.45, 7) is 6.84. The second-order valence-electron chi connectivity index (χ2n) is 6.56. The summed E-state index contributed by atoms with van der Waals surface area (Å²) in [4.78, 5) is 23.9. The first kappa shape index (κ1) is 17.6. The number of rotatable bonds is 4. The lowest BCUT2D eigenvalue weighted by Crippen LogP contribution is -2.33. The number of hydrogen-bond acceptors (Lipinski definition) is 10. The number of aromatic nitrogens is 4. The van der Waals surface area contributed by atoms with Crippen LogP contribution in [0.15, 0.2) is 25.5 Å². The molecule has 0 saturated carbocycles. The van der Waals surface area contributed by atoms with Crippen LogP contribution in [-0.4, -0.2) is 56.4 Å². The molecule has 27 heavy (non-hydrogen) atoms. The molecule has 0 bridgehead atoms. The fourth-order valence-electron chi connectivity index (χ4n) is 3.33. The molecule has 0 spiro atoms. The van der Waals surface area contributed by atoms with Gasteiger partial charge >= 0.3 is 6.16 Å². The highest BCUT2D eigenvalue weighted by molar-refractivity contribution is 5.81. The molecule has 4 heterocycles. The van der Waals surface area contributed by atoms with Gasteiger partial charge in [0.25, 0.3) is 0 Å². The molecular weight excluding hydrogens is 358 g/mol. The van der Waals surface area contributed by atoms with Crippen LogP contribution in [0.2, 0.25) is 0 Å². The molecule has 0 aromatic carbocycles. The summed E-state index contributed by atoms with van der Waals surface area (Å²) in [7, 11) is 0. The van der Waals surface area contributed by atoms with E-state index in [0.717, 1.165) is 6.26 Å². The maximum atomic E-state index is 11.5. The molecule has 4 atom stereocenters. The third-order valence-electron chi connectivity index (χ3n) is 4.33. The quantitative estimate of drug-likeness (QED) is 0.610. The normalized spacial score (nSPS) is 28.8. The van der Waals surface area contributed by atoms with Gasteiger partial charge in [0, 0.05) is 0 Å². The summed E-state index contributed by atoms with van der Waals surface area (Å²) in [6.07, 6.45) is 0.932. The molecule has 2 aromatic heterocycles. The Balaban J connectivity index is 1.62. The van der Waals surface area contributed by atoms with E-state index in [2.05, 4.69) is 26.3 Å². The molecule has 0 unspecified atom stereocenters. The molecule has 0 radical (unpaired) electrons. The van der Waals surface area contributed by atoms with Crippen molar-refractivity contribution in [1.29, 1.82) is 0 Å². The van der Waals surface area contributed by atoms with Crippen LogP contribution in [0.5, 0.6) is 0 Å². The monoisotopic (exact) mass is 377 g/mol. The van der Waals surface area contributed by atoms with Gasteiger partial charge in [-0.2, -0.15) is 0 Å². The lowest BCUT2D eigenvalue weighted by atomic mass is 10.1. The third-order valence-corrected chi connectivity index (χ3v) is 4.33. The van der Waals surface area contributed by atoms with Gasteiger partial charge in [-0.05, 0) is 13.8 Å². The first-order valence-corrected chi connectivity index (χ1v) is 8.28. The summed E-state index contributed by atoms with van der Waals surface area (Å²) in [6, 6.07) is 0. The highest BCUT2D eigenvalue weighted by Crippen LogP contribution is 2.43. The van der Waals surface area contributed by atoms with E-state index in [-0.39, 0.29) is 12.4 Å². The van der Waals surface area contributed by atoms with Gasteiger partial charge in [-0.1, -0.05) is 6.58 Å². The molecule has 0 amide bonds. The molecule has 11 heteroatoms. The maximum absolute atomic E-state index is 11.5. The highest BCUT2D eigenvalue weighted by atomic mass is 16.8. The van der Waals surface area contributed by atoms with E-state index in [1.165, 1.54) is 6.33 Å². The van der Waals surface area contributed by atoms with Gasteiger partial charge in [0.1, 0.15) is 36.8 Å². The van der Waals surface area contributed by atoms with Gasteiger partial charge in [0.05, 0.1) is 12.6 Å². The Morgan fingerprint density at radius 3 is 2.93 bits per heavy atom. The zero-order valence-electron chi connectivity index (χ0n) is 14.8. The van der Waals surface area contributed by atoms with Gasteiger partial charge in [-0.15, -0.1) is 0 Å². The fourth-order valence-corrected chi connectivity index (χ4v) is 3.33. The van der Waals surface area contributed by atoms with Crippen molar-refractivity contribution in [2.24, 2.45) is 0 Å². The van der Waals surface area contributed by atoms with Crippen LogP contribution in [0.1, 0.15) is 20.1 Å². The van der Waals surface area contributed by atoms with Crippen molar-refractivity contribution in [3.05, 3.63) is 25.5 Å². The Kier molecular flexibility index (Phi) is 4.21. The van der Waals surface area contributed by atoms with E-state index in [0.29, 0.717) is 11.2 Å². The van der Waals surface area contributed by atoms with Crippen molar-refractivity contribution in [3.8, 4) is 0 Å². The van der Waals surface area contributed by atoms with Crippen LogP contribution in [0.4, 0.5) is 10.6 Å². The highest BCUT2D eigenvalue weighted by Gasteiger charge is 2.56. The van der Waals surface area contributed by atoms with Gasteiger partial charge in [-0.3, -0.25) is 4.57 Å². The number of carbonyl (C=O) groups excluding carboxylic acids is 1. The van der Waals surface area contributed by atoms with Crippen LogP contribution >= 0.6 is 0 Å². The standard InChI is InChI=1S/C16H19N5O6/c1-4-23-15(22)24-5-8-10-11(27-16(2,3)26-10)14(25-8)21-7-20-9-12(17)18-6-19-13(9)21/h4,6-8,10-11,14H,1,5H2,2-3H3,(H2,17,18,19)/t8-,10-,11-,14-/m1/s1. The van der Waals surface area contributed by atoms with Crippen molar-refractivity contribution < 1.29 is 28.5 Å². The van der Waals surface area contributed by atoms with E-state index in [4.69, 9.17) is 24.7 Å². The number of anilines is 1. The first-order valence-electron chi connectivity index (χ1n) is 8.28. The molecular formula is C16H19N5O6. The summed E-state index contributed by atoms with van der Waals surface area (Å²) < 4.78 is 29.3. The van der Waals surface area contributed by atoms with Crippen LogP contribution in [0.3, 0.4) is 0 Å². The number of nitrogens with zero attached hydrogens (tertiary/aromatic N) is 4. The molecule has 144 valence electrons. The molecule has 11 nitrogen and oxygen atoms in total. The minimum absolute atomic E-state index is 0.0759. The smallest absolute Gasteiger partial charge is 0.431 e. The number of hydrogen-bond donors (Lipinski definition) is 1. The average Bonchev–Trinajstić information content (AvgIpc) is 3.25. The average molecular weight is 377 g/mol. The fraction of sp³-hybridized carbons (Fsp3) is 0.500. The van der Waals surface area contributed by atoms with Crippen molar-refractivity contribution in [2.45, 2.75) is 44.2 Å². The summed E-state index contributed by atoms with van der Waals surface area (Å²) >= 11 is 0. The Hall–Kier alpha value is -2.76. The zero-order chi connectivity index (χ0) is 19.2. The van der Waals surface area contributed by atoms with Gasteiger partial charge in [-0.25, -0.2) is 19.7 Å². The lowest BCUT2D eigenvalue weighted by Gasteiger charge is -2.24. The Morgan fingerprint density at radius 2 is 2.15 bits per heavy atom. The second-order valence-corrected chi connectivity index (χ2v) is 6.56. The lowest BCUT2D eigenvalue weighted by molar-refractivity contribution is -0.200. The zero-order valence-corrected chi connectivity index (χ0v) is 14.8. The van der Waals surface area contributed by atoms with Crippen molar-refractivity contribution >= 4 is 23.1 Å². The molecule has 2 aromatic rings. The Bertz CT molecular complexity index is 883. The molecule has 2 saturated heterocycles. The SMILES string of the molecule is C=COC(=O)OC[C@H]1O[C@@H](n2cnc3c(N)ncnc32)[C@@H]2OC(C)(C)O[C@@H]21. The van der Waals surface area contributed by atoms with E-state index < -0.39 is 36.5 Å². The van der Waals surface area contributed by atoms with E-state index in [1.54, 1.807) is 24.7 Å². The predicted molar refractivity (Wildman–Crippen MR) is 90.1 cm³/mol. The largest absolute Gasteiger partial charge is 0.513 e. The predicted octanol–water partition coefficient (Wildman–Crippen LogP) is 1.12. The molecule has 0 aliphatic carbocycles. The number of fused-ring (bicyclic) bond motifs is 2. The van der Waals surface area contributed by atoms with E-state index in [9.17, 15) is 4.79 Å². The Morgan fingerprint density at radius 1 is 1.37 bits per heavy atom. The van der Waals surface area contributed by atoms with Gasteiger partial charge in [0.15, 0.2) is 23.5 Å². The number of nitrogens with two attached hydrogens (primary N) is 1. The number of nitrogen functional groups attached to an aromatic ring is 1. The van der Waals surface area contributed by atoms with E-state index in [1.807, 2.05) is 0 Å². The number of imidazole rings is 1. The third kappa shape index (κ3) is 3.09. The molecule has 4 rings (SSSR count). The van der Waals surface area contributed by atoms with Crippen LogP contribution in [0, 0.1) is 0 Å². The van der Waals surface area contributed by atoms with Crippen LogP contribution in [-0.2, 0) is 23.7 Å². The number of carbonyl (C=O) groups is 1. The second kappa shape index (κ2) is 6.44. The molecule has 2 aliphatic rings. The van der Waals surface area contributed by atoms with Crippen LogP contribution in [0.25, 0.3) is 11.2 Å². The number of ether oxygens (including phenoxy) is 5. The van der Waals surface area contributed by atoms with Crippen LogP contribution < -0.4 is 5.73 Å². The minimum Gasteiger partial charge on any atom is -0.431 e. The van der Waals surface area contributed by atoms with Crippen molar-refractivity contribution in [1.82, 2.24) is 19.5 Å². The van der Waals surface area contributed by atoms with Gasteiger partial charge < -0.3 is 29.4 Å². The summed E-state index contributed by atoms with van der Waals surface area (Å²) in [5.41, 5.74) is 6.82. The van der Waals surface area contributed by atoms with Crippen molar-refractivity contribution in [2.75, 3.05) is 12.3 Å². The molecule has 2 fully saturated rings. The molecule has 2 aliphatic heterocycles. The summed E-state index contributed by atoms with van der Waals surface area (Å²) in [5, 5.41) is 0. The summed E-state index contributed by atoms with van der Waals surface area (Å²) in [5.74, 6) is -0.550. The minimum atomic E-state index is -0.875. The molecule has 2 N–H and O–H groups in total.